The van der Waals surface area contributed by atoms with Gasteiger partial charge in [-0.2, -0.15) is 0 Å². The predicted molar refractivity (Wildman–Crippen MR) is 323 cm³/mol. The Morgan fingerprint density at radius 3 is 1.16 bits per heavy atom. The summed E-state index contributed by atoms with van der Waals surface area (Å²) in [6.07, 6.45) is 0.00137. The number of carboxylic acid groups (broad SMARTS) is 1. The van der Waals surface area contributed by atoms with Gasteiger partial charge in [-0.05, 0) is 80.5 Å². The van der Waals surface area contributed by atoms with Crippen molar-refractivity contribution in [3.05, 3.63) is 227 Å². The number of ketones is 1. The van der Waals surface area contributed by atoms with Crippen LogP contribution < -0.4 is 27.0 Å². The molecule has 14 nitrogen and oxygen atoms in total. The van der Waals surface area contributed by atoms with E-state index in [1.165, 1.54) is 0 Å². The van der Waals surface area contributed by atoms with Crippen molar-refractivity contribution in [2.75, 3.05) is 33.1 Å². The van der Waals surface area contributed by atoms with Gasteiger partial charge in [-0.3, -0.25) is 14.4 Å². The monoisotopic (exact) mass is 1120 g/mol. The van der Waals surface area contributed by atoms with Crippen LogP contribution >= 0.6 is 11.8 Å². The predicted octanol–water partition coefficient (Wildman–Crippen LogP) is 11.2. The summed E-state index contributed by atoms with van der Waals surface area (Å²) >= 11 is 1.64. The van der Waals surface area contributed by atoms with E-state index in [-0.39, 0.29) is 55.1 Å². The van der Waals surface area contributed by atoms with E-state index < -0.39 is 40.9 Å². The molecule has 4 amide bonds. The second kappa shape index (κ2) is 29.8. The van der Waals surface area contributed by atoms with Crippen LogP contribution in [-0.4, -0.2) is 92.0 Å². The summed E-state index contributed by atoms with van der Waals surface area (Å²) in [7, 11) is 3.17. The van der Waals surface area contributed by atoms with E-state index >= 15 is 0 Å². The number of thioether (sulfide) groups is 1. The van der Waals surface area contributed by atoms with Crippen molar-refractivity contribution in [2.24, 2.45) is 11.7 Å². The molecular weight excluding hydrogens is 1050 g/mol. The fourth-order valence-electron chi connectivity index (χ4n) is 10.5. The standard InChI is InChI=1S/C43H42N2O4S.C19H19NO4.C5H12N2O/c1-3-39(45-42(48)49-28-38-36-25-15-13-23-34(36)35-24-14-16-26-37(35)38)40(46)27-30(41(47)44-2)29-50-43(31-17-7-4-8-18-31,32-19-9-5-10-20-32)33-21-11-6-12-22-33;1-2-17(18(21)22)20-19(23)24-11-16-14-9-5-3-7-12(14)13-8-4-6-10-15(13)16;1-3-4(6)5(8)7-2/h4-26,30,38-39H,3,27-29H2,1-2H3,(H,44,47)(H,45,48);3-10,16-17H,2,11H2,1H3,(H,20,23)(H,21,22);4H,3,6H2,1-2H3,(H,7,8)/t30-,39-;17-;4-/m000/s1. The zero-order valence-corrected chi connectivity index (χ0v) is 47.8. The smallest absolute Gasteiger partial charge is 0.407 e. The Morgan fingerprint density at radius 2 is 0.841 bits per heavy atom. The first-order valence-corrected chi connectivity index (χ1v) is 28.8. The third kappa shape index (κ3) is 14.7. The van der Waals surface area contributed by atoms with Crippen molar-refractivity contribution in [2.45, 2.75) is 81.2 Å². The molecule has 0 saturated heterocycles. The highest BCUT2D eigenvalue weighted by Crippen LogP contribution is 2.50. The average Bonchev–Trinajstić information content (AvgIpc) is 4.11. The summed E-state index contributed by atoms with van der Waals surface area (Å²) in [5.41, 5.74) is 17.6. The molecule has 426 valence electrons. The quantitative estimate of drug-likeness (QED) is 0.0372. The first kappa shape index (κ1) is 61.1. The zero-order valence-electron chi connectivity index (χ0n) is 47.0. The Labute approximate surface area is 485 Å². The molecule has 0 bridgehead atoms. The Balaban J connectivity index is 0.000000249. The van der Waals surface area contributed by atoms with E-state index in [2.05, 4.69) is 94.1 Å². The van der Waals surface area contributed by atoms with Gasteiger partial charge >= 0.3 is 18.2 Å². The van der Waals surface area contributed by atoms with E-state index in [1.54, 1.807) is 32.8 Å². The second-order valence-corrected chi connectivity index (χ2v) is 21.1. The Bertz CT molecular complexity index is 3080. The maximum absolute atomic E-state index is 13.8. The van der Waals surface area contributed by atoms with Crippen LogP contribution in [-0.2, 0) is 33.4 Å². The molecule has 7 aromatic carbocycles. The highest BCUT2D eigenvalue weighted by atomic mass is 32.2. The number of ether oxygens (including phenoxy) is 2. The summed E-state index contributed by atoms with van der Waals surface area (Å²) in [5.74, 6) is -1.97. The van der Waals surface area contributed by atoms with Gasteiger partial charge in [0.2, 0.25) is 11.8 Å². The normalized spacial score (nSPS) is 13.4. The number of likely N-dealkylation sites (N-methyl/N-ethyl adjacent to an activating group) is 1. The number of nitrogens with one attached hydrogen (secondary N) is 4. The van der Waals surface area contributed by atoms with Crippen molar-refractivity contribution in [1.29, 1.82) is 0 Å². The third-order valence-electron chi connectivity index (χ3n) is 14.9. The lowest BCUT2D eigenvalue weighted by atomic mass is 9.84. The lowest BCUT2D eigenvalue weighted by Gasteiger charge is -2.36. The molecule has 7 aromatic rings. The first-order chi connectivity index (χ1) is 39.8. The van der Waals surface area contributed by atoms with E-state index in [9.17, 15) is 28.8 Å². The number of carbonyl (C=O) groups excluding carboxylic acids is 5. The molecule has 4 atom stereocenters. The first-order valence-electron chi connectivity index (χ1n) is 27.8. The zero-order chi connectivity index (χ0) is 58.6. The number of nitrogens with two attached hydrogens (primary N) is 1. The largest absolute Gasteiger partial charge is 0.480 e. The summed E-state index contributed by atoms with van der Waals surface area (Å²) in [6.45, 7) is 5.75. The van der Waals surface area contributed by atoms with E-state index in [0.29, 0.717) is 25.0 Å². The minimum atomic E-state index is -1.06. The number of carbonyl (C=O) groups is 6. The molecule has 0 fully saturated rings. The van der Waals surface area contributed by atoms with Crippen molar-refractivity contribution in [3.8, 4) is 22.3 Å². The molecule has 7 N–H and O–H groups in total. The number of alkyl carbamates (subject to hydrolysis) is 2. The van der Waals surface area contributed by atoms with Gasteiger partial charge in [-0.25, -0.2) is 14.4 Å². The van der Waals surface area contributed by atoms with Crippen LogP contribution in [0.4, 0.5) is 9.59 Å². The van der Waals surface area contributed by atoms with Crippen molar-refractivity contribution >= 4 is 47.5 Å². The Kier molecular flexibility index (Phi) is 22.2. The summed E-state index contributed by atoms with van der Waals surface area (Å²) in [4.78, 5) is 73.7. The molecule has 0 aromatic heterocycles. The van der Waals surface area contributed by atoms with Gasteiger partial charge in [-0.15, -0.1) is 11.8 Å². The highest BCUT2D eigenvalue weighted by molar-refractivity contribution is 8.00. The third-order valence-corrected chi connectivity index (χ3v) is 16.6. The molecule has 0 heterocycles. The minimum absolute atomic E-state index is 0.0245. The number of hydrogen-bond donors (Lipinski definition) is 6. The van der Waals surface area contributed by atoms with Crippen LogP contribution in [0.2, 0.25) is 0 Å². The van der Waals surface area contributed by atoms with Gasteiger partial charge in [0.15, 0.2) is 5.78 Å². The number of hydrogen-bond acceptors (Lipinski definition) is 10. The van der Waals surface area contributed by atoms with E-state index in [4.69, 9.17) is 20.3 Å². The van der Waals surface area contributed by atoms with Gasteiger partial charge in [0.1, 0.15) is 19.3 Å². The van der Waals surface area contributed by atoms with Crippen molar-refractivity contribution in [1.82, 2.24) is 21.3 Å². The van der Waals surface area contributed by atoms with Crippen LogP contribution in [0.3, 0.4) is 0 Å². The minimum Gasteiger partial charge on any atom is -0.480 e. The Hall–Kier alpha value is -8.53. The summed E-state index contributed by atoms with van der Waals surface area (Å²) < 4.78 is 10.4. The summed E-state index contributed by atoms with van der Waals surface area (Å²) in [5, 5.41) is 19.4. The number of benzene rings is 7. The van der Waals surface area contributed by atoms with Gasteiger partial charge < -0.3 is 41.6 Å². The number of aliphatic carboxylic acids is 1. The number of rotatable bonds is 21. The molecular formula is C67H73N5O9S. The van der Waals surface area contributed by atoms with E-state index in [1.807, 2.05) is 129 Å². The molecule has 9 rings (SSSR count). The molecule has 0 radical (unpaired) electrons. The van der Waals surface area contributed by atoms with Gasteiger partial charge in [-0.1, -0.05) is 209 Å². The van der Waals surface area contributed by atoms with Crippen molar-refractivity contribution in [3.63, 3.8) is 0 Å². The van der Waals surface area contributed by atoms with E-state index in [0.717, 1.165) is 61.2 Å². The second-order valence-electron chi connectivity index (χ2n) is 19.9. The molecule has 15 heteroatoms. The maximum Gasteiger partial charge on any atom is 0.407 e. The Morgan fingerprint density at radius 1 is 0.500 bits per heavy atom. The highest BCUT2D eigenvalue weighted by Gasteiger charge is 2.39. The van der Waals surface area contributed by atoms with Crippen molar-refractivity contribution < 1.29 is 43.3 Å². The van der Waals surface area contributed by atoms with Crippen LogP contribution in [0.1, 0.15) is 97.2 Å². The van der Waals surface area contributed by atoms with Gasteiger partial charge in [0, 0.05) is 38.1 Å². The topological polar surface area (TPSA) is 215 Å². The lowest BCUT2D eigenvalue weighted by molar-refractivity contribution is -0.139. The van der Waals surface area contributed by atoms with Crippen LogP contribution in [0.5, 0.6) is 0 Å². The maximum atomic E-state index is 13.8. The lowest BCUT2D eigenvalue weighted by Crippen LogP contribution is -2.43. The van der Waals surface area contributed by atoms with Crippen LogP contribution in [0, 0.1) is 5.92 Å². The average molecular weight is 1120 g/mol. The number of carboxylic acids is 1. The van der Waals surface area contributed by atoms with Gasteiger partial charge in [0.05, 0.1) is 22.7 Å². The molecule has 2 aliphatic carbocycles. The fraction of sp³-hybridized carbons (Fsp3) is 0.284. The molecule has 0 spiro atoms. The fourth-order valence-corrected chi connectivity index (χ4v) is 12.1. The molecule has 82 heavy (non-hydrogen) atoms. The SMILES string of the molecule is CC[C@H](N)C(=O)NC.CC[C@H](NC(=O)OCC1c2ccccc2-c2ccccc21)C(=O)C[C@@H](CSC(c1ccccc1)(c1ccccc1)c1ccccc1)C(=O)NC.CC[C@H](NC(=O)OCC1c2ccccc2-c2ccccc21)C(=O)O. The number of amides is 4. The van der Waals surface area contributed by atoms with Crippen LogP contribution in [0.15, 0.2) is 188 Å². The number of Topliss-reactive ketones (excluding diaryl/α,β-unsaturated/α-hetero) is 1. The van der Waals surface area contributed by atoms with Crippen LogP contribution in [0.25, 0.3) is 22.3 Å². The molecule has 0 saturated carbocycles. The van der Waals surface area contributed by atoms with Gasteiger partial charge in [0.25, 0.3) is 0 Å². The molecule has 0 aliphatic heterocycles. The molecule has 2 aliphatic rings. The summed E-state index contributed by atoms with van der Waals surface area (Å²) in [6, 6.07) is 61.2. The molecule has 0 unspecified atom stereocenters. The number of fused-ring (bicyclic) bond motifs is 6.